The normalized spacial score (nSPS) is 12.7. The van der Waals surface area contributed by atoms with Gasteiger partial charge in [0.2, 0.25) is 0 Å². The minimum absolute atomic E-state index is 0.233. The van der Waals surface area contributed by atoms with Crippen molar-refractivity contribution in [3.8, 4) is 0 Å². The van der Waals surface area contributed by atoms with Gasteiger partial charge in [-0.25, -0.2) is 13.9 Å². The highest BCUT2D eigenvalue weighted by molar-refractivity contribution is 5.79. The van der Waals surface area contributed by atoms with Crippen molar-refractivity contribution < 1.29 is 4.39 Å². The van der Waals surface area contributed by atoms with Crippen molar-refractivity contribution in [2.75, 3.05) is 0 Å². The summed E-state index contributed by atoms with van der Waals surface area (Å²) in [6, 6.07) is 20.2. The molecule has 0 fully saturated rings. The first-order valence-corrected chi connectivity index (χ1v) is 10.00. The first kappa shape index (κ1) is 19.0. The number of aromatic nitrogens is 4. The van der Waals surface area contributed by atoms with Crippen molar-refractivity contribution in [2.45, 2.75) is 19.4 Å². The van der Waals surface area contributed by atoms with Crippen LogP contribution in [0.1, 0.15) is 29.9 Å². The molecule has 5 rings (SSSR count). The number of pyridine rings is 1. The second kappa shape index (κ2) is 8.02. The highest BCUT2D eigenvalue weighted by Crippen LogP contribution is 2.22. The van der Waals surface area contributed by atoms with E-state index in [4.69, 9.17) is 5.10 Å². The van der Waals surface area contributed by atoms with Crippen LogP contribution in [0.3, 0.4) is 0 Å². The number of fused-ring (bicyclic) bond motifs is 2. The molecule has 1 atom stereocenters. The Bertz CT molecular complexity index is 1390. The zero-order chi connectivity index (χ0) is 21.2. The quantitative estimate of drug-likeness (QED) is 0.341. The Balaban J connectivity index is 1.45. The monoisotopic (exact) mass is 410 g/mol. The molecule has 5 aromatic rings. The number of hydrogen-bond donors (Lipinski definition) is 0. The SMILES string of the molecule is CC(N=Nc1ccccc1)c1ccc2ncc(Cc3cc4cccnc4cc3F)n2n1. The van der Waals surface area contributed by atoms with Crippen LogP contribution in [0, 0.1) is 5.82 Å². The molecule has 3 heterocycles. The Labute approximate surface area is 178 Å². The van der Waals surface area contributed by atoms with E-state index in [9.17, 15) is 4.39 Å². The van der Waals surface area contributed by atoms with Gasteiger partial charge in [0.15, 0.2) is 5.65 Å². The number of benzene rings is 2. The van der Waals surface area contributed by atoms with Gasteiger partial charge in [-0.15, -0.1) is 0 Å². The molecule has 0 saturated carbocycles. The van der Waals surface area contributed by atoms with E-state index in [0.717, 1.165) is 22.5 Å². The predicted octanol–water partition coefficient (Wildman–Crippen LogP) is 5.85. The summed E-state index contributed by atoms with van der Waals surface area (Å²) in [5.41, 5.74) is 4.26. The van der Waals surface area contributed by atoms with Gasteiger partial charge in [0, 0.05) is 24.1 Å². The van der Waals surface area contributed by atoms with Gasteiger partial charge < -0.3 is 0 Å². The molecule has 31 heavy (non-hydrogen) atoms. The van der Waals surface area contributed by atoms with E-state index in [1.807, 2.05) is 67.6 Å². The number of azo groups is 1. The summed E-state index contributed by atoms with van der Waals surface area (Å²) in [7, 11) is 0. The summed E-state index contributed by atoms with van der Waals surface area (Å²) in [5, 5.41) is 14.3. The molecule has 0 saturated heterocycles. The zero-order valence-corrected chi connectivity index (χ0v) is 16.9. The minimum atomic E-state index is -0.290. The fourth-order valence-electron chi connectivity index (χ4n) is 3.46. The predicted molar refractivity (Wildman–Crippen MR) is 117 cm³/mol. The summed E-state index contributed by atoms with van der Waals surface area (Å²) in [5.74, 6) is -0.290. The molecule has 0 aliphatic rings. The van der Waals surface area contributed by atoms with Gasteiger partial charge in [-0.3, -0.25) is 4.98 Å². The summed E-state index contributed by atoms with van der Waals surface area (Å²) in [6.07, 6.45) is 3.76. The van der Waals surface area contributed by atoms with Crippen LogP contribution in [0.4, 0.5) is 10.1 Å². The molecule has 152 valence electrons. The molecule has 0 radical (unpaired) electrons. The number of nitrogens with zero attached hydrogens (tertiary/aromatic N) is 6. The first-order chi connectivity index (χ1) is 15.2. The number of halogens is 1. The van der Waals surface area contributed by atoms with Gasteiger partial charge in [-0.2, -0.15) is 15.3 Å². The van der Waals surface area contributed by atoms with E-state index in [-0.39, 0.29) is 11.9 Å². The van der Waals surface area contributed by atoms with Crippen LogP contribution in [0.25, 0.3) is 16.6 Å². The van der Waals surface area contributed by atoms with Crippen molar-refractivity contribution in [3.05, 3.63) is 102 Å². The van der Waals surface area contributed by atoms with Gasteiger partial charge in [0.25, 0.3) is 0 Å². The number of rotatable bonds is 5. The fraction of sp³-hybridized carbons (Fsp3) is 0.125. The van der Waals surface area contributed by atoms with Crippen molar-refractivity contribution in [1.82, 2.24) is 19.6 Å². The van der Waals surface area contributed by atoms with Crippen LogP contribution in [0.15, 0.2) is 89.4 Å². The summed E-state index contributed by atoms with van der Waals surface area (Å²) >= 11 is 0. The average molecular weight is 410 g/mol. The highest BCUT2D eigenvalue weighted by Gasteiger charge is 2.13. The molecule has 0 amide bonds. The van der Waals surface area contributed by atoms with Gasteiger partial charge in [0.05, 0.1) is 28.8 Å². The fourth-order valence-corrected chi connectivity index (χ4v) is 3.46. The Morgan fingerprint density at radius 3 is 2.74 bits per heavy atom. The molecular weight excluding hydrogens is 391 g/mol. The topological polar surface area (TPSA) is 67.8 Å². The van der Waals surface area contributed by atoms with Gasteiger partial charge in [-0.1, -0.05) is 24.3 Å². The van der Waals surface area contributed by atoms with Crippen molar-refractivity contribution in [3.63, 3.8) is 0 Å². The van der Waals surface area contributed by atoms with Crippen LogP contribution >= 0.6 is 0 Å². The third kappa shape index (κ3) is 3.90. The van der Waals surface area contributed by atoms with E-state index in [1.165, 1.54) is 6.07 Å². The zero-order valence-electron chi connectivity index (χ0n) is 16.9. The molecule has 0 bridgehead atoms. The maximum Gasteiger partial charge on any atom is 0.153 e. The van der Waals surface area contributed by atoms with Crippen LogP contribution in [-0.4, -0.2) is 19.6 Å². The van der Waals surface area contributed by atoms with Crippen molar-refractivity contribution >= 4 is 22.2 Å². The summed E-state index contributed by atoms with van der Waals surface area (Å²) in [6.45, 7) is 1.94. The molecular formula is C24H19FN6. The minimum Gasteiger partial charge on any atom is -0.256 e. The molecule has 7 heteroatoms. The second-order valence-corrected chi connectivity index (χ2v) is 7.32. The third-order valence-electron chi connectivity index (χ3n) is 5.13. The average Bonchev–Trinajstić information content (AvgIpc) is 3.20. The third-order valence-corrected chi connectivity index (χ3v) is 5.13. The number of imidazole rings is 1. The molecule has 3 aromatic heterocycles. The Kier molecular flexibility index (Phi) is 4.92. The lowest BCUT2D eigenvalue weighted by Gasteiger charge is -2.08. The lowest BCUT2D eigenvalue weighted by Crippen LogP contribution is -2.04. The largest absolute Gasteiger partial charge is 0.256 e. The van der Waals surface area contributed by atoms with Gasteiger partial charge in [-0.05, 0) is 48.9 Å². The summed E-state index contributed by atoms with van der Waals surface area (Å²) < 4.78 is 16.4. The molecule has 0 spiro atoms. The maximum absolute atomic E-state index is 14.7. The van der Waals surface area contributed by atoms with Crippen LogP contribution in [0.2, 0.25) is 0 Å². The molecule has 6 nitrogen and oxygen atoms in total. The van der Waals surface area contributed by atoms with E-state index < -0.39 is 0 Å². The lowest BCUT2D eigenvalue weighted by atomic mass is 10.1. The lowest BCUT2D eigenvalue weighted by molar-refractivity contribution is 0.613. The van der Waals surface area contributed by atoms with E-state index in [1.54, 1.807) is 16.9 Å². The second-order valence-electron chi connectivity index (χ2n) is 7.32. The van der Waals surface area contributed by atoms with Gasteiger partial charge in [0.1, 0.15) is 11.9 Å². The van der Waals surface area contributed by atoms with Crippen molar-refractivity contribution in [2.24, 2.45) is 10.2 Å². The van der Waals surface area contributed by atoms with Crippen LogP contribution in [-0.2, 0) is 6.42 Å². The Hall–Kier alpha value is -4.00. The maximum atomic E-state index is 14.7. The molecule has 2 aromatic carbocycles. The first-order valence-electron chi connectivity index (χ1n) is 10.00. The summed E-state index contributed by atoms with van der Waals surface area (Å²) in [4.78, 5) is 8.62. The number of hydrogen-bond acceptors (Lipinski definition) is 5. The van der Waals surface area contributed by atoms with E-state index in [0.29, 0.717) is 23.1 Å². The Morgan fingerprint density at radius 1 is 1.00 bits per heavy atom. The van der Waals surface area contributed by atoms with Crippen LogP contribution < -0.4 is 0 Å². The van der Waals surface area contributed by atoms with E-state index in [2.05, 4.69) is 20.2 Å². The van der Waals surface area contributed by atoms with Gasteiger partial charge >= 0.3 is 0 Å². The standard InChI is InChI=1S/C24H19FN6/c1-16(28-29-19-7-3-2-4-8-19)22-9-10-24-27-15-20(31(24)30-22)13-18-12-17-6-5-11-26-23(17)14-21(18)25/h2-12,14-16H,13H2,1H3. The molecule has 0 N–H and O–H groups in total. The molecule has 0 aliphatic carbocycles. The van der Waals surface area contributed by atoms with Crippen molar-refractivity contribution in [1.29, 1.82) is 0 Å². The molecule has 0 aliphatic heterocycles. The Morgan fingerprint density at radius 2 is 1.87 bits per heavy atom. The smallest absolute Gasteiger partial charge is 0.153 e. The van der Waals surface area contributed by atoms with E-state index >= 15 is 0 Å². The molecule has 1 unspecified atom stereocenters. The van der Waals surface area contributed by atoms with Crippen LogP contribution in [0.5, 0.6) is 0 Å². The highest BCUT2D eigenvalue weighted by atomic mass is 19.1.